The number of halogens is 1. The van der Waals surface area contributed by atoms with Gasteiger partial charge in [0, 0.05) is 6.42 Å². The van der Waals surface area contributed by atoms with Gasteiger partial charge in [-0.05, 0) is 38.8 Å². The number of rotatable bonds is 5. The zero-order chi connectivity index (χ0) is 17.1. The Balaban J connectivity index is 0.00000225. The van der Waals surface area contributed by atoms with Gasteiger partial charge in [-0.15, -0.1) is 27.7 Å². The Hall–Kier alpha value is -1.58. The third kappa shape index (κ3) is 4.74. The summed E-state index contributed by atoms with van der Waals surface area (Å²) in [6, 6.07) is 0.305. The summed E-state index contributed by atoms with van der Waals surface area (Å²) in [5.41, 5.74) is 1.15. The van der Waals surface area contributed by atoms with E-state index in [1.807, 2.05) is 11.6 Å². The zero-order valence-corrected chi connectivity index (χ0v) is 16.3. The third-order valence-electron chi connectivity index (χ3n) is 4.07. The summed E-state index contributed by atoms with van der Waals surface area (Å²) in [5, 5.41) is 24.0. The number of piperidine rings is 1. The molecule has 0 spiro atoms. The normalized spacial score (nSPS) is 15.2. The number of anilines is 1. The van der Waals surface area contributed by atoms with Crippen LogP contribution >= 0.6 is 23.7 Å². The third-order valence-corrected chi connectivity index (χ3v) is 4.93. The molecule has 10 heteroatoms. The standard InChI is InChI=1S/C15H23N7OS.ClH/c1-9(2)8-12-18-20-15(24-12)17-14(23)13-10(3)22(21-19-13)11-4-6-16-7-5-11;/h9,11,16H,4-8H2,1-3H3,(H,17,20,23);1H. The molecule has 1 aliphatic rings. The van der Waals surface area contributed by atoms with E-state index in [1.54, 1.807) is 0 Å². The van der Waals surface area contributed by atoms with Crippen LogP contribution in [0, 0.1) is 12.8 Å². The van der Waals surface area contributed by atoms with E-state index < -0.39 is 0 Å². The second kappa shape index (κ2) is 8.68. The van der Waals surface area contributed by atoms with Crippen LogP contribution < -0.4 is 10.6 Å². The maximum absolute atomic E-state index is 12.5. The zero-order valence-electron chi connectivity index (χ0n) is 14.7. The van der Waals surface area contributed by atoms with E-state index in [2.05, 4.69) is 45.0 Å². The average molecular weight is 386 g/mol. The first-order valence-electron chi connectivity index (χ1n) is 8.31. The highest BCUT2D eigenvalue weighted by Crippen LogP contribution is 2.22. The first kappa shape index (κ1) is 19.7. The van der Waals surface area contributed by atoms with Crippen LogP contribution in [0.15, 0.2) is 0 Å². The molecule has 3 heterocycles. The first-order valence-corrected chi connectivity index (χ1v) is 9.12. The highest BCUT2D eigenvalue weighted by Gasteiger charge is 2.23. The van der Waals surface area contributed by atoms with Crippen molar-refractivity contribution < 1.29 is 4.79 Å². The summed E-state index contributed by atoms with van der Waals surface area (Å²) in [6.45, 7) is 8.08. The van der Waals surface area contributed by atoms with Gasteiger partial charge in [-0.1, -0.05) is 30.4 Å². The lowest BCUT2D eigenvalue weighted by molar-refractivity contribution is 0.102. The molecule has 1 fully saturated rings. The molecule has 2 aromatic rings. The molecule has 0 bridgehead atoms. The molecule has 0 radical (unpaired) electrons. The van der Waals surface area contributed by atoms with Gasteiger partial charge in [0.05, 0.1) is 11.7 Å². The topological polar surface area (TPSA) is 97.6 Å². The minimum absolute atomic E-state index is 0. The van der Waals surface area contributed by atoms with E-state index in [1.165, 1.54) is 11.3 Å². The van der Waals surface area contributed by atoms with Crippen LogP contribution in [-0.2, 0) is 6.42 Å². The Bertz CT molecular complexity index is 709. The Morgan fingerprint density at radius 1 is 1.32 bits per heavy atom. The minimum Gasteiger partial charge on any atom is -0.317 e. The predicted molar refractivity (Wildman–Crippen MR) is 99.6 cm³/mol. The lowest BCUT2D eigenvalue weighted by Gasteiger charge is -2.23. The van der Waals surface area contributed by atoms with Gasteiger partial charge in [-0.25, -0.2) is 4.68 Å². The maximum atomic E-state index is 12.5. The van der Waals surface area contributed by atoms with Crippen LogP contribution in [0.3, 0.4) is 0 Å². The molecule has 8 nitrogen and oxygen atoms in total. The molecular formula is C15H24ClN7OS. The Morgan fingerprint density at radius 2 is 2.04 bits per heavy atom. The van der Waals surface area contributed by atoms with Gasteiger partial charge >= 0.3 is 0 Å². The number of carbonyl (C=O) groups is 1. The largest absolute Gasteiger partial charge is 0.317 e. The highest BCUT2D eigenvalue weighted by atomic mass is 35.5. The summed E-state index contributed by atoms with van der Waals surface area (Å²) in [6.07, 6.45) is 2.86. The maximum Gasteiger partial charge on any atom is 0.279 e. The number of hydrogen-bond acceptors (Lipinski definition) is 7. The monoisotopic (exact) mass is 385 g/mol. The fourth-order valence-electron chi connectivity index (χ4n) is 2.84. The lowest BCUT2D eigenvalue weighted by atomic mass is 10.1. The van der Waals surface area contributed by atoms with E-state index in [4.69, 9.17) is 0 Å². The Morgan fingerprint density at radius 3 is 2.72 bits per heavy atom. The van der Waals surface area contributed by atoms with Crippen LogP contribution in [0.5, 0.6) is 0 Å². The van der Waals surface area contributed by atoms with Gasteiger partial charge in [0.2, 0.25) is 5.13 Å². The van der Waals surface area contributed by atoms with Gasteiger partial charge < -0.3 is 5.32 Å². The Kier molecular flexibility index (Phi) is 6.86. The molecule has 138 valence electrons. The summed E-state index contributed by atoms with van der Waals surface area (Å²) in [4.78, 5) is 12.5. The number of hydrogen-bond donors (Lipinski definition) is 2. The van der Waals surface area contributed by atoms with E-state index >= 15 is 0 Å². The number of nitrogens with zero attached hydrogens (tertiary/aromatic N) is 5. The van der Waals surface area contributed by atoms with Crippen molar-refractivity contribution >= 4 is 34.8 Å². The molecule has 0 aliphatic carbocycles. The number of nitrogens with one attached hydrogen (secondary N) is 2. The molecule has 2 N–H and O–H groups in total. The van der Waals surface area contributed by atoms with Gasteiger partial charge in [0.15, 0.2) is 5.69 Å². The van der Waals surface area contributed by atoms with Crippen molar-refractivity contribution in [2.75, 3.05) is 18.4 Å². The summed E-state index contributed by atoms with van der Waals surface area (Å²) in [5.74, 6) is 0.230. The SMILES string of the molecule is Cc1c(C(=O)Nc2nnc(CC(C)C)s2)nnn1C1CCNCC1.Cl. The molecule has 0 atom stereocenters. The molecule has 1 aliphatic heterocycles. The molecule has 0 saturated carbocycles. The van der Waals surface area contributed by atoms with Crippen LogP contribution in [0.2, 0.25) is 0 Å². The second-order valence-corrected chi connectivity index (χ2v) is 7.56. The van der Waals surface area contributed by atoms with Crippen molar-refractivity contribution in [1.82, 2.24) is 30.5 Å². The van der Waals surface area contributed by atoms with Crippen LogP contribution in [0.25, 0.3) is 0 Å². The van der Waals surface area contributed by atoms with Crippen molar-refractivity contribution in [2.45, 2.75) is 46.1 Å². The van der Waals surface area contributed by atoms with Crippen molar-refractivity contribution in [2.24, 2.45) is 5.92 Å². The molecule has 0 unspecified atom stereocenters. The number of amides is 1. The minimum atomic E-state index is -0.278. The fraction of sp³-hybridized carbons (Fsp3) is 0.667. The predicted octanol–water partition coefficient (Wildman–Crippen LogP) is 2.24. The Labute approximate surface area is 157 Å². The van der Waals surface area contributed by atoms with Gasteiger partial charge in [0.25, 0.3) is 5.91 Å². The van der Waals surface area contributed by atoms with Crippen molar-refractivity contribution in [3.05, 3.63) is 16.4 Å². The summed E-state index contributed by atoms with van der Waals surface area (Å²) in [7, 11) is 0. The van der Waals surface area contributed by atoms with Crippen LogP contribution in [-0.4, -0.2) is 44.2 Å². The molecule has 1 amide bonds. The van der Waals surface area contributed by atoms with Crippen molar-refractivity contribution in [3.63, 3.8) is 0 Å². The highest BCUT2D eigenvalue weighted by molar-refractivity contribution is 7.15. The average Bonchev–Trinajstić information content (AvgIpc) is 3.14. The van der Waals surface area contributed by atoms with Crippen molar-refractivity contribution in [1.29, 1.82) is 0 Å². The quantitative estimate of drug-likeness (QED) is 0.819. The van der Waals surface area contributed by atoms with E-state index in [9.17, 15) is 4.79 Å². The number of aromatic nitrogens is 5. The van der Waals surface area contributed by atoms with Crippen molar-refractivity contribution in [3.8, 4) is 0 Å². The van der Waals surface area contributed by atoms with Gasteiger partial charge in [-0.3, -0.25) is 10.1 Å². The van der Waals surface area contributed by atoms with Crippen LogP contribution in [0.4, 0.5) is 5.13 Å². The lowest BCUT2D eigenvalue weighted by Crippen LogP contribution is -2.30. The molecule has 2 aromatic heterocycles. The summed E-state index contributed by atoms with van der Waals surface area (Å²) >= 11 is 1.41. The molecule has 25 heavy (non-hydrogen) atoms. The smallest absolute Gasteiger partial charge is 0.279 e. The molecule has 1 saturated heterocycles. The second-order valence-electron chi connectivity index (χ2n) is 6.50. The van der Waals surface area contributed by atoms with E-state index in [0.717, 1.165) is 43.1 Å². The van der Waals surface area contributed by atoms with E-state index in [0.29, 0.717) is 22.8 Å². The first-order chi connectivity index (χ1) is 11.5. The molecular weight excluding hydrogens is 362 g/mol. The molecule has 3 rings (SSSR count). The van der Waals surface area contributed by atoms with Gasteiger partial charge in [0.1, 0.15) is 5.01 Å². The number of carbonyl (C=O) groups excluding carboxylic acids is 1. The summed E-state index contributed by atoms with van der Waals surface area (Å²) < 4.78 is 1.88. The van der Waals surface area contributed by atoms with Crippen LogP contribution in [0.1, 0.15) is 53.9 Å². The fourth-order valence-corrected chi connectivity index (χ4v) is 3.79. The van der Waals surface area contributed by atoms with Gasteiger partial charge in [-0.2, -0.15) is 0 Å². The molecule has 0 aromatic carbocycles. The van der Waals surface area contributed by atoms with E-state index in [-0.39, 0.29) is 18.3 Å².